The van der Waals surface area contributed by atoms with Crippen LogP contribution < -0.4 is 0 Å². The van der Waals surface area contributed by atoms with Gasteiger partial charge in [0.2, 0.25) is 17.7 Å². The molecule has 2 N–H and O–H groups in total. The van der Waals surface area contributed by atoms with Crippen LogP contribution in [0.4, 0.5) is 0 Å². The van der Waals surface area contributed by atoms with Crippen LogP contribution in [-0.4, -0.2) is 163 Å². The van der Waals surface area contributed by atoms with Crippen molar-refractivity contribution >= 4 is 51.1 Å². The Hall–Kier alpha value is -6.44. The third-order valence-corrected chi connectivity index (χ3v) is 20.0. The number of carbonyl (C=O) groups excluding carboxylic acids is 7. The van der Waals surface area contributed by atoms with Crippen LogP contribution in [0.5, 0.6) is 0 Å². The Bertz CT molecular complexity index is 3090. The van der Waals surface area contributed by atoms with Gasteiger partial charge in [-0.05, 0) is 111 Å². The van der Waals surface area contributed by atoms with Crippen molar-refractivity contribution in [1.82, 2.24) is 19.6 Å². The van der Waals surface area contributed by atoms with Crippen molar-refractivity contribution in [3.05, 3.63) is 142 Å². The number of aliphatic hydroxyl groups excluding tert-OH is 1. The molecule has 18 heteroatoms. The maximum atomic E-state index is 15.0. The molecule has 0 aliphatic carbocycles. The number of likely N-dealkylation sites (N-methyl/N-ethyl adjacent to an activating group) is 2. The van der Waals surface area contributed by atoms with Gasteiger partial charge >= 0.3 is 0 Å². The van der Waals surface area contributed by atoms with E-state index in [0.717, 1.165) is 27.8 Å². The number of benzene rings is 4. The smallest absolute Gasteiger partial charge is 0.264 e. The minimum Gasteiger partial charge on any atom is -0.388 e. The Labute approximate surface area is 549 Å². The van der Waals surface area contributed by atoms with E-state index in [-0.39, 0.29) is 104 Å². The number of aryl methyl sites for hydroxylation is 4. The normalized spacial score (nSPS) is 16.5. The molecule has 1 heterocycles. The van der Waals surface area contributed by atoms with Crippen LogP contribution in [0, 0.1) is 55.3 Å². The Morgan fingerprint density at radius 2 is 1.24 bits per heavy atom. The number of ether oxygens (including phenoxy) is 2. The quantitative estimate of drug-likeness (QED) is 0.0315. The van der Waals surface area contributed by atoms with Crippen LogP contribution in [0.15, 0.2) is 103 Å². The minimum atomic E-state index is -4.39. The van der Waals surface area contributed by atoms with Crippen LogP contribution in [0.1, 0.15) is 174 Å². The molecule has 0 spiro atoms. The van der Waals surface area contributed by atoms with Crippen molar-refractivity contribution in [3.8, 4) is 0 Å². The van der Waals surface area contributed by atoms with E-state index in [9.17, 15) is 51.6 Å². The van der Waals surface area contributed by atoms with Crippen molar-refractivity contribution in [3.63, 3.8) is 0 Å². The molecule has 1 aliphatic rings. The number of aliphatic hydroxyl groups is 1. The average Bonchev–Trinajstić information content (AvgIpc) is 1.37. The summed E-state index contributed by atoms with van der Waals surface area (Å²) in [5.74, 6) is -5.46. The van der Waals surface area contributed by atoms with Gasteiger partial charge in [0, 0.05) is 96.1 Å². The summed E-state index contributed by atoms with van der Waals surface area (Å²) in [6.45, 7) is 19.3. The van der Waals surface area contributed by atoms with Gasteiger partial charge in [0.15, 0.2) is 11.6 Å². The highest BCUT2D eigenvalue weighted by atomic mass is 32.2. The molecule has 0 bridgehead atoms. The maximum absolute atomic E-state index is 15.0. The number of ketones is 3. The zero-order valence-electron chi connectivity index (χ0n) is 57.2. The van der Waals surface area contributed by atoms with E-state index in [0.29, 0.717) is 57.1 Å². The second-order valence-corrected chi connectivity index (χ2v) is 28.2. The molecule has 17 nitrogen and oxygen atoms in total. The first-order chi connectivity index (χ1) is 43.5. The Morgan fingerprint density at radius 1 is 0.674 bits per heavy atom. The van der Waals surface area contributed by atoms with Crippen LogP contribution in [0.2, 0.25) is 0 Å². The van der Waals surface area contributed by atoms with Crippen molar-refractivity contribution in [2.24, 2.45) is 41.4 Å². The molecule has 5 rings (SSSR count). The Balaban J connectivity index is 1.27. The monoisotopic (exact) mass is 1290 g/mol. The number of hydrogen-bond donors (Lipinski definition) is 2. The topological polar surface area (TPSA) is 226 Å². The fourth-order valence-corrected chi connectivity index (χ4v) is 13.8. The number of methoxy groups -OCH3 is 2. The van der Waals surface area contributed by atoms with Gasteiger partial charge < -0.3 is 34.2 Å². The van der Waals surface area contributed by atoms with Crippen molar-refractivity contribution in [2.75, 3.05) is 53.7 Å². The number of amides is 4. The summed E-state index contributed by atoms with van der Waals surface area (Å²) in [4.78, 5) is 107. The first-order valence-corrected chi connectivity index (χ1v) is 34.8. The summed E-state index contributed by atoms with van der Waals surface area (Å²) in [7, 11) is 1.90. The molecule has 0 aromatic heterocycles. The van der Waals surface area contributed by atoms with Crippen LogP contribution in [-0.2, 0) is 56.4 Å². The molecule has 1 saturated heterocycles. The summed E-state index contributed by atoms with van der Waals surface area (Å²) < 4.78 is 45.5. The first-order valence-electron chi connectivity index (χ1n) is 33.2. The third-order valence-electron chi connectivity index (χ3n) is 19.2. The van der Waals surface area contributed by atoms with Gasteiger partial charge in [0.05, 0.1) is 48.6 Å². The van der Waals surface area contributed by atoms with Gasteiger partial charge in [-0.3, -0.25) is 38.1 Å². The maximum Gasteiger partial charge on any atom is 0.264 e. The summed E-state index contributed by atoms with van der Waals surface area (Å²) in [5.41, 5.74) is 5.98. The molecule has 0 unspecified atom stereocenters. The summed E-state index contributed by atoms with van der Waals surface area (Å²) >= 11 is 0. The first kappa shape index (κ1) is 76.3. The highest BCUT2D eigenvalue weighted by Crippen LogP contribution is 2.34. The largest absolute Gasteiger partial charge is 0.388 e. The molecule has 4 aromatic carbocycles. The number of hydrogen-bond acceptors (Lipinski definition) is 12. The van der Waals surface area contributed by atoms with Crippen LogP contribution in [0.25, 0.3) is 0 Å². The lowest BCUT2D eigenvalue weighted by Crippen LogP contribution is -2.54. The van der Waals surface area contributed by atoms with Crippen molar-refractivity contribution in [1.29, 1.82) is 0 Å². The van der Waals surface area contributed by atoms with Gasteiger partial charge in [-0.15, -0.1) is 0 Å². The second kappa shape index (κ2) is 36.3. The molecule has 506 valence electrons. The fraction of sp³-hybridized carbons (Fsp3) is 0.581. The predicted molar refractivity (Wildman–Crippen MR) is 360 cm³/mol. The summed E-state index contributed by atoms with van der Waals surface area (Å²) in [5, 5.41) is 11.0. The SMILES string of the molecule is CC[C@H](C)[C@@H]([C@@H](CC(=O)N1CCC[C@H]1[C@H](OC)[C@@H](C)C(=O)C[C@H](C)[C@@H](O)c1ccccc1)OC)N(C)C(=O)[C@@H](CC(=O)[C@H](C(C)C)N(C)C(=O)CCN(CCCS(=O)(=O)O)C(=O)c1ccc(C(=O)C(CCc2ccc(C)cc2)CCc2ccc(C)cc2)cc1)C(C)C. The molecular formula is C74H106N4O13S. The van der Waals surface area contributed by atoms with Gasteiger partial charge in [0.25, 0.3) is 16.0 Å². The van der Waals surface area contributed by atoms with Gasteiger partial charge in [-0.1, -0.05) is 164 Å². The van der Waals surface area contributed by atoms with Crippen molar-refractivity contribution in [2.45, 2.75) is 183 Å². The average molecular weight is 1290 g/mol. The van der Waals surface area contributed by atoms with E-state index >= 15 is 0 Å². The van der Waals surface area contributed by atoms with E-state index < -0.39 is 81.9 Å². The predicted octanol–water partition coefficient (Wildman–Crippen LogP) is 11.4. The standard InChI is InChI=1S/C74H106N4O13S/c1-15-52(8)69(65(90-13)47-67(82)78-42-19-23-62(78)72(91-14)54(10)63(79)45-53(9)70(83)57-21-17-16-18-22-57)76(12)74(86)61(48(2)3)46-64(80)68(49(4)5)75(11)66(81)40-43-77(41-20-44-92(87,88)89)73(85)60-38-36-59(37-39-60)71(84)58(34-32-55-28-24-50(6)25-29-55)35-33-56-30-26-51(7)27-31-56/h16-18,21-22,24-31,36-39,48-49,52-54,58,61-62,65,68-70,72,83H,15,19-20,23,32-35,40-47H2,1-14H3,(H,87,88,89)/t52-,53-,54-,61-,62-,65+,68-,69-,70+,72+/m0/s1. The van der Waals surface area contributed by atoms with Gasteiger partial charge in [-0.25, -0.2) is 0 Å². The van der Waals surface area contributed by atoms with Gasteiger partial charge in [0.1, 0.15) is 5.78 Å². The number of carbonyl (C=O) groups is 7. The van der Waals surface area contributed by atoms with Crippen LogP contribution in [0.3, 0.4) is 0 Å². The Morgan fingerprint density at radius 3 is 1.75 bits per heavy atom. The summed E-state index contributed by atoms with van der Waals surface area (Å²) in [6.07, 6.45) is 2.00. The zero-order chi connectivity index (χ0) is 68.1. The fourth-order valence-electron chi connectivity index (χ4n) is 13.3. The highest BCUT2D eigenvalue weighted by molar-refractivity contribution is 7.85. The zero-order valence-corrected chi connectivity index (χ0v) is 58.0. The van der Waals surface area contributed by atoms with Crippen molar-refractivity contribution < 1.29 is 61.1 Å². The molecule has 0 saturated carbocycles. The van der Waals surface area contributed by atoms with E-state index in [1.165, 1.54) is 24.0 Å². The lowest BCUT2D eigenvalue weighted by atomic mass is 9.83. The molecule has 1 aliphatic heterocycles. The number of Topliss-reactive ketones (excluding diaryl/α,β-unsaturated/α-hetero) is 3. The molecular weight excluding hydrogens is 1180 g/mol. The second-order valence-electron chi connectivity index (χ2n) is 26.7. The lowest BCUT2D eigenvalue weighted by molar-refractivity contribution is -0.149. The molecule has 92 heavy (non-hydrogen) atoms. The van der Waals surface area contributed by atoms with E-state index in [1.807, 2.05) is 99.6 Å². The molecule has 4 aromatic rings. The van der Waals surface area contributed by atoms with E-state index in [4.69, 9.17) is 9.47 Å². The third kappa shape index (κ3) is 21.8. The molecule has 10 atom stereocenters. The lowest BCUT2D eigenvalue weighted by Gasteiger charge is -2.41. The minimum absolute atomic E-state index is 0.0404. The number of nitrogens with zero attached hydrogens (tertiary/aromatic N) is 4. The molecule has 1 fully saturated rings. The van der Waals surface area contributed by atoms with Gasteiger partial charge in [-0.2, -0.15) is 8.42 Å². The van der Waals surface area contributed by atoms with E-state index in [2.05, 4.69) is 48.5 Å². The summed E-state index contributed by atoms with van der Waals surface area (Å²) in [6, 6.07) is 30.2. The van der Waals surface area contributed by atoms with E-state index in [1.54, 1.807) is 48.2 Å². The number of rotatable bonds is 38. The molecule has 0 radical (unpaired) electrons. The van der Waals surface area contributed by atoms with Crippen LogP contribution >= 0.6 is 0 Å². The highest BCUT2D eigenvalue weighted by Gasteiger charge is 2.44. The number of likely N-dealkylation sites (tertiary alicyclic amines) is 1. The Kier molecular flexibility index (Phi) is 30.1. The molecule has 4 amide bonds.